The Balaban J connectivity index is 1.58. The van der Waals surface area contributed by atoms with Crippen molar-refractivity contribution in [3.8, 4) is 11.4 Å². The lowest BCUT2D eigenvalue weighted by molar-refractivity contribution is 0.0963. The number of nitrogens with one attached hydrogen (secondary N) is 1. The molecule has 0 bridgehead atoms. The molecule has 0 radical (unpaired) electrons. The van der Waals surface area contributed by atoms with Crippen LogP contribution in [0.2, 0.25) is 0 Å². The smallest absolute Gasteiger partial charge is 0.252 e. The molecule has 1 fully saturated rings. The molecule has 1 saturated heterocycles. The van der Waals surface area contributed by atoms with Crippen LogP contribution in [0.15, 0.2) is 42.9 Å². The molecule has 5 rings (SSSR count). The number of rotatable bonds is 5. The Hall–Kier alpha value is -3.75. The van der Waals surface area contributed by atoms with E-state index in [1.165, 1.54) is 12.8 Å². The van der Waals surface area contributed by atoms with Gasteiger partial charge in [0.25, 0.3) is 5.91 Å². The molecule has 4 aromatic rings. The summed E-state index contributed by atoms with van der Waals surface area (Å²) in [5, 5.41) is 7.15. The predicted octanol–water partition coefficient (Wildman–Crippen LogP) is 2.62. The van der Waals surface area contributed by atoms with Crippen LogP contribution in [0.3, 0.4) is 0 Å². The fourth-order valence-electron chi connectivity index (χ4n) is 4.32. The highest BCUT2D eigenvalue weighted by atomic mass is 16.1. The third kappa shape index (κ3) is 3.59. The van der Waals surface area contributed by atoms with Gasteiger partial charge in [0.05, 0.1) is 17.8 Å². The molecule has 1 aliphatic heterocycles. The largest absolute Gasteiger partial charge is 0.355 e. The molecular formula is C23H26N8O. The topological polar surface area (TPSA) is 93.8 Å². The van der Waals surface area contributed by atoms with Crippen LogP contribution in [0.1, 0.15) is 35.8 Å². The summed E-state index contributed by atoms with van der Waals surface area (Å²) in [7, 11) is 3.50. The zero-order chi connectivity index (χ0) is 22.2. The monoisotopic (exact) mass is 430 g/mol. The minimum absolute atomic E-state index is 0.189. The molecule has 1 amide bonds. The van der Waals surface area contributed by atoms with Crippen LogP contribution in [0, 0.1) is 0 Å². The van der Waals surface area contributed by atoms with Gasteiger partial charge in [0.2, 0.25) is 0 Å². The first-order chi connectivity index (χ1) is 15.5. The van der Waals surface area contributed by atoms with Gasteiger partial charge in [-0.15, -0.1) is 0 Å². The van der Waals surface area contributed by atoms with Gasteiger partial charge in [0, 0.05) is 50.8 Å². The summed E-state index contributed by atoms with van der Waals surface area (Å²) in [6.45, 7) is 3.80. The quantitative estimate of drug-likeness (QED) is 0.523. The molecule has 164 valence electrons. The average Bonchev–Trinajstić information content (AvgIpc) is 3.52. The number of pyridine rings is 2. The first-order valence-corrected chi connectivity index (χ1v) is 10.8. The summed E-state index contributed by atoms with van der Waals surface area (Å²) in [5.41, 5.74) is 3.65. The van der Waals surface area contributed by atoms with Crippen LogP contribution in [-0.4, -0.2) is 54.8 Å². The average molecular weight is 431 g/mol. The van der Waals surface area contributed by atoms with Crippen molar-refractivity contribution in [2.45, 2.75) is 32.4 Å². The van der Waals surface area contributed by atoms with Gasteiger partial charge in [0.15, 0.2) is 5.65 Å². The number of nitrogens with zero attached hydrogens (tertiary/aromatic N) is 7. The van der Waals surface area contributed by atoms with E-state index in [0.29, 0.717) is 29.3 Å². The fourth-order valence-corrected chi connectivity index (χ4v) is 4.32. The van der Waals surface area contributed by atoms with E-state index in [1.807, 2.05) is 30.1 Å². The summed E-state index contributed by atoms with van der Waals surface area (Å²) in [5.74, 6) is 1.55. The lowest BCUT2D eigenvalue weighted by Crippen LogP contribution is -2.26. The third-order valence-corrected chi connectivity index (χ3v) is 6.02. The number of hydrogen-bond donors (Lipinski definition) is 1. The number of hydrogen-bond acceptors (Lipinski definition) is 6. The van der Waals surface area contributed by atoms with Gasteiger partial charge in [-0.2, -0.15) is 5.10 Å². The Kier molecular flexibility index (Phi) is 5.08. The Morgan fingerprint density at radius 3 is 2.75 bits per heavy atom. The maximum atomic E-state index is 12.1. The standard InChI is InChI=1S/C23H26N8O/c1-15-5-4-9-30(15)20-7-6-16(12-25-20)21-27-19-11-17(23(32)24-2)13-26-22(19)31(21)14-18-8-10-29(3)28-18/h6-8,10-13,15H,4-5,9,14H2,1-3H3,(H,24,32). The number of fused-ring (bicyclic) bond motifs is 1. The van der Waals surface area contributed by atoms with Gasteiger partial charge in [-0.1, -0.05) is 0 Å². The van der Waals surface area contributed by atoms with Crippen molar-refractivity contribution in [1.82, 2.24) is 34.6 Å². The van der Waals surface area contributed by atoms with Crippen LogP contribution in [-0.2, 0) is 13.6 Å². The zero-order valence-electron chi connectivity index (χ0n) is 18.5. The first-order valence-electron chi connectivity index (χ1n) is 10.8. The van der Waals surface area contributed by atoms with Crippen LogP contribution < -0.4 is 10.2 Å². The molecule has 0 spiro atoms. The Morgan fingerprint density at radius 1 is 1.22 bits per heavy atom. The van der Waals surface area contributed by atoms with E-state index < -0.39 is 0 Å². The number of imidazole rings is 1. The number of carbonyl (C=O) groups excluding carboxylic acids is 1. The summed E-state index contributed by atoms with van der Waals surface area (Å²) in [4.78, 5) is 28.6. The second kappa shape index (κ2) is 8.07. The van der Waals surface area contributed by atoms with Gasteiger partial charge in [-0.25, -0.2) is 15.0 Å². The van der Waals surface area contributed by atoms with Crippen molar-refractivity contribution in [1.29, 1.82) is 0 Å². The van der Waals surface area contributed by atoms with Crippen molar-refractivity contribution in [3.63, 3.8) is 0 Å². The van der Waals surface area contributed by atoms with E-state index in [-0.39, 0.29) is 5.91 Å². The van der Waals surface area contributed by atoms with E-state index >= 15 is 0 Å². The molecule has 1 aliphatic rings. The van der Waals surface area contributed by atoms with E-state index in [1.54, 1.807) is 24.0 Å². The summed E-state index contributed by atoms with van der Waals surface area (Å²) in [6.07, 6.45) is 7.76. The molecule has 32 heavy (non-hydrogen) atoms. The normalized spacial score (nSPS) is 16.1. The van der Waals surface area contributed by atoms with E-state index in [2.05, 4.69) is 39.4 Å². The third-order valence-electron chi connectivity index (χ3n) is 6.02. The maximum absolute atomic E-state index is 12.1. The van der Waals surface area contributed by atoms with Crippen molar-refractivity contribution >= 4 is 22.9 Å². The fraction of sp³-hybridized carbons (Fsp3) is 0.348. The van der Waals surface area contributed by atoms with Gasteiger partial charge in [0.1, 0.15) is 17.2 Å². The highest BCUT2D eigenvalue weighted by molar-refractivity contribution is 5.96. The Morgan fingerprint density at radius 2 is 2.09 bits per heavy atom. The van der Waals surface area contributed by atoms with Crippen LogP contribution >= 0.6 is 0 Å². The minimum atomic E-state index is -0.189. The number of aromatic nitrogens is 6. The molecule has 1 N–H and O–H groups in total. The number of anilines is 1. The molecule has 4 aromatic heterocycles. The van der Waals surface area contributed by atoms with E-state index in [0.717, 1.165) is 29.4 Å². The molecular weight excluding hydrogens is 404 g/mol. The van der Waals surface area contributed by atoms with Crippen LogP contribution in [0.5, 0.6) is 0 Å². The van der Waals surface area contributed by atoms with Crippen molar-refractivity contribution in [2.75, 3.05) is 18.5 Å². The molecule has 9 nitrogen and oxygen atoms in total. The van der Waals surface area contributed by atoms with E-state index in [9.17, 15) is 4.79 Å². The summed E-state index contributed by atoms with van der Waals surface area (Å²) in [6, 6.07) is 8.38. The van der Waals surface area contributed by atoms with Gasteiger partial charge in [-0.3, -0.25) is 9.48 Å². The highest BCUT2D eigenvalue weighted by Gasteiger charge is 2.22. The number of amides is 1. The molecule has 1 unspecified atom stereocenters. The lowest BCUT2D eigenvalue weighted by Gasteiger charge is -2.22. The van der Waals surface area contributed by atoms with Crippen molar-refractivity contribution in [3.05, 3.63) is 54.1 Å². The molecule has 9 heteroatoms. The maximum Gasteiger partial charge on any atom is 0.252 e. The number of carbonyl (C=O) groups is 1. The summed E-state index contributed by atoms with van der Waals surface area (Å²) < 4.78 is 3.80. The van der Waals surface area contributed by atoms with Crippen LogP contribution in [0.25, 0.3) is 22.6 Å². The Labute approximate surface area is 186 Å². The number of aryl methyl sites for hydroxylation is 1. The SMILES string of the molecule is CNC(=O)c1cnc2c(c1)nc(-c1ccc(N3CCCC3C)nc1)n2Cc1ccn(C)n1. The molecule has 5 heterocycles. The Bertz CT molecular complexity index is 1270. The van der Waals surface area contributed by atoms with Crippen LogP contribution in [0.4, 0.5) is 5.82 Å². The summed E-state index contributed by atoms with van der Waals surface area (Å²) >= 11 is 0. The molecule has 0 aromatic carbocycles. The van der Waals surface area contributed by atoms with Gasteiger partial charge < -0.3 is 14.8 Å². The van der Waals surface area contributed by atoms with E-state index in [4.69, 9.17) is 9.97 Å². The van der Waals surface area contributed by atoms with Gasteiger partial charge >= 0.3 is 0 Å². The zero-order valence-corrected chi connectivity index (χ0v) is 18.5. The second-order valence-electron chi connectivity index (χ2n) is 8.24. The molecule has 1 atom stereocenters. The molecule has 0 saturated carbocycles. The second-order valence-corrected chi connectivity index (χ2v) is 8.24. The van der Waals surface area contributed by atoms with Crippen molar-refractivity contribution < 1.29 is 4.79 Å². The van der Waals surface area contributed by atoms with Crippen molar-refractivity contribution in [2.24, 2.45) is 7.05 Å². The lowest BCUT2D eigenvalue weighted by atomic mass is 10.2. The first kappa shape index (κ1) is 20.2. The molecule has 0 aliphatic carbocycles. The van der Waals surface area contributed by atoms with Gasteiger partial charge in [-0.05, 0) is 44.0 Å². The predicted molar refractivity (Wildman–Crippen MR) is 123 cm³/mol. The highest BCUT2D eigenvalue weighted by Crippen LogP contribution is 2.28. The minimum Gasteiger partial charge on any atom is -0.355 e.